The molecular formula is C10H19N2O2S+. The SMILES string of the molecule is CC1(C)CN(C(=O)CSCC=[NH2+])CCO1. The Balaban J connectivity index is 2.35. The number of amides is 1. The van der Waals surface area contributed by atoms with E-state index in [0.29, 0.717) is 25.4 Å². The molecule has 1 fully saturated rings. The highest BCUT2D eigenvalue weighted by molar-refractivity contribution is 8.00. The van der Waals surface area contributed by atoms with Gasteiger partial charge in [-0.15, -0.1) is 11.8 Å². The number of rotatable bonds is 4. The number of carbonyl (C=O) groups excluding carboxylic acids is 1. The predicted octanol–water partition coefficient (Wildman–Crippen LogP) is -0.813. The topological polar surface area (TPSA) is 55.1 Å². The molecule has 5 heteroatoms. The van der Waals surface area contributed by atoms with Crippen molar-refractivity contribution in [3.05, 3.63) is 0 Å². The van der Waals surface area contributed by atoms with E-state index in [2.05, 4.69) is 0 Å². The van der Waals surface area contributed by atoms with Crippen molar-refractivity contribution in [2.45, 2.75) is 19.4 Å². The Morgan fingerprint density at radius 2 is 2.40 bits per heavy atom. The average molecular weight is 231 g/mol. The van der Waals surface area contributed by atoms with Crippen LogP contribution in [0.25, 0.3) is 0 Å². The van der Waals surface area contributed by atoms with E-state index in [0.717, 1.165) is 5.75 Å². The molecule has 0 atom stereocenters. The zero-order chi connectivity index (χ0) is 11.3. The standard InChI is InChI=1S/C10H18N2O2S/c1-10(2)8-12(4-5-14-10)9(13)7-15-6-3-11/h3,11H,4-8H2,1-2H3/p+1. The van der Waals surface area contributed by atoms with Crippen molar-refractivity contribution in [2.24, 2.45) is 0 Å². The van der Waals surface area contributed by atoms with Crippen molar-refractivity contribution in [1.29, 1.82) is 0 Å². The maximum Gasteiger partial charge on any atom is 0.232 e. The van der Waals surface area contributed by atoms with Crippen molar-refractivity contribution in [2.75, 3.05) is 31.2 Å². The van der Waals surface area contributed by atoms with E-state index in [9.17, 15) is 4.79 Å². The van der Waals surface area contributed by atoms with Crippen LogP contribution in [0.1, 0.15) is 13.8 Å². The summed E-state index contributed by atoms with van der Waals surface area (Å²) in [5, 5.41) is 5.25. The summed E-state index contributed by atoms with van der Waals surface area (Å²) in [5.74, 6) is 1.40. The van der Waals surface area contributed by atoms with E-state index in [1.807, 2.05) is 18.7 Å². The Hall–Kier alpha value is -0.550. The van der Waals surface area contributed by atoms with Gasteiger partial charge in [-0.1, -0.05) is 0 Å². The molecule has 0 aliphatic carbocycles. The maximum atomic E-state index is 11.8. The third-order valence-electron chi connectivity index (χ3n) is 2.22. The molecule has 0 aromatic rings. The van der Waals surface area contributed by atoms with Crippen molar-refractivity contribution in [1.82, 2.24) is 4.90 Å². The Bertz CT molecular complexity index is 244. The number of hydrogen-bond donors (Lipinski definition) is 1. The minimum atomic E-state index is -0.210. The van der Waals surface area contributed by atoms with E-state index >= 15 is 0 Å². The molecule has 0 bridgehead atoms. The lowest BCUT2D eigenvalue weighted by Gasteiger charge is -2.38. The maximum absolute atomic E-state index is 11.8. The Morgan fingerprint density at radius 1 is 1.67 bits per heavy atom. The Morgan fingerprint density at radius 3 is 3.00 bits per heavy atom. The highest BCUT2D eigenvalue weighted by atomic mass is 32.2. The van der Waals surface area contributed by atoms with Crippen LogP contribution in [0.3, 0.4) is 0 Å². The number of nitrogens with two attached hydrogens (primary N) is 1. The van der Waals surface area contributed by atoms with Crippen LogP contribution in [0.2, 0.25) is 0 Å². The molecule has 1 rings (SSSR count). The van der Waals surface area contributed by atoms with Gasteiger partial charge in [0, 0.05) is 13.1 Å². The summed E-state index contributed by atoms with van der Waals surface area (Å²) in [7, 11) is 0. The van der Waals surface area contributed by atoms with Gasteiger partial charge in [-0.3, -0.25) is 10.2 Å². The van der Waals surface area contributed by atoms with Crippen LogP contribution in [0.15, 0.2) is 0 Å². The fourth-order valence-electron chi connectivity index (χ4n) is 1.53. The van der Waals surface area contributed by atoms with Crippen LogP contribution in [-0.4, -0.2) is 53.8 Å². The van der Waals surface area contributed by atoms with E-state index in [1.165, 1.54) is 0 Å². The molecule has 1 aliphatic rings. The highest BCUT2D eigenvalue weighted by Gasteiger charge is 2.29. The fourth-order valence-corrected chi connectivity index (χ4v) is 2.15. The second-order valence-corrected chi connectivity index (χ2v) is 5.20. The van der Waals surface area contributed by atoms with Gasteiger partial charge in [0.1, 0.15) is 6.21 Å². The highest BCUT2D eigenvalue weighted by Crippen LogP contribution is 2.17. The van der Waals surface area contributed by atoms with E-state index in [4.69, 9.17) is 10.1 Å². The monoisotopic (exact) mass is 231 g/mol. The molecule has 2 N–H and O–H groups in total. The number of thioether (sulfide) groups is 1. The predicted molar refractivity (Wildman–Crippen MR) is 61.9 cm³/mol. The number of hydrogen-bond acceptors (Lipinski definition) is 3. The number of morpholine rings is 1. The molecule has 0 radical (unpaired) electrons. The lowest BCUT2D eigenvalue weighted by Crippen LogP contribution is -2.51. The first-order valence-corrected chi connectivity index (χ1v) is 6.23. The molecule has 86 valence electrons. The third kappa shape index (κ3) is 4.22. The van der Waals surface area contributed by atoms with Crippen LogP contribution < -0.4 is 5.41 Å². The molecule has 1 aliphatic heterocycles. The largest absolute Gasteiger partial charge is 0.372 e. The molecule has 0 spiro atoms. The van der Waals surface area contributed by atoms with Crippen LogP contribution in [0.5, 0.6) is 0 Å². The van der Waals surface area contributed by atoms with Gasteiger partial charge in [0.05, 0.1) is 23.7 Å². The summed E-state index contributed by atoms with van der Waals surface area (Å²) in [6.07, 6.45) is 1.57. The molecule has 1 saturated heterocycles. The molecule has 1 heterocycles. The Labute approximate surface area is 94.9 Å². The normalized spacial score (nSPS) is 20.0. The first kappa shape index (κ1) is 12.5. The molecule has 0 unspecified atom stereocenters. The van der Waals surface area contributed by atoms with Crippen LogP contribution in [0, 0.1) is 0 Å². The first-order chi connectivity index (χ1) is 7.05. The quantitative estimate of drug-likeness (QED) is 0.508. The van der Waals surface area contributed by atoms with Crippen LogP contribution >= 0.6 is 11.8 Å². The number of ether oxygens (including phenoxy) is 1. The summed E-state index contributed by atoms with van der Waals surface area (Å²) >= 11 is 1.54. The molecule has 4 nitrogen and oxygen atoms in total. The van der Waals surface area contributed by atoms with Crippen molar-refractivity contribution < 1.29 is 14.9 Å². The lowest BCUT2D eigenvalue weighted by molar-refractivity contribution is -0.143. The fraction of sp³-hybridized carbons (Fsp3) is 0.800. The second-order valence-electron chi connectivity index (χ2n) is 4.17. The second kappa shape index (κ2) is 5.51. The summed E-state index contributed by atoms with van der Waals surface area (Å²) in [5.41, 5.74) is -0.210. The zero-order valence-corrected chi connectivity index (χ0v) is 10.2. The molecule has 0 saturated carbocycles. The van der Waals surface area contributed by atoms with Gasteiger partial charge >= 0.3 is 0 Å². The van der Waals surface area contributed by atoms with Crippen LogP contribution in [-0.2, 0) is 9.53 Å². The van der Waals surface area contributed by atoms with E-state index < -0.39 is 0 Å². The van der Waals surface area contributed by atoms with Crippen molar-refractivity contribution >= 4 is 23.9 Å². The number of carbonyl (C=O) groups is 1. The van der Waals surface area contributed by atoms with Gasteiger partial charge in [-0.25, -0.2) is 0 Å². The molecule has 1 amide bonds. The van der Waals surface area contributed by atoms with E-state index in [1.54, 1.807) is 18.0 Å². The van der Waals surface area contributed by atoms with Crippen molar-refractivity contribution in [3.63, 3.8) is 0 Å². The lowest BCUT2D eigenvalue weighted by atomic mass is 10.1. The molecule has 0 aromatic carbocycles. The first-order valence-electron chi connectivity index (χ1n) is 5.08. The summed E-state index contributed by atoms with van der Waals surface area (Å²) in [6.45, 7) is 6.03. The van der Waals surface area contributed by atoms with Crippen LogP contribution in [0.4, 0.5) is 0 Å². The van der Waals surface area contributed by atoms with Gasteiger partial charge in [-0.2, -0.15) is 0 Å². The van der Waals surface area contributed by atoms with Gasteiger partial charge < -0.3 is 9.64 Å². The zero-order valence-electron chi connectivity index (χ0n) is 9.36. The summed E-state index contributed by atoms with van der Waals surface area (Å²) in [6, 6.07) is 0. The van der Waals surface area contributed by atoms with Gasteiger partial charge in [0.2, 0.25) is 5.91 Å². The minimum absolute atomic E-state index is 0.179. The average Bonchev–Trinajstić information content (AvgIpc) is 2.16. The van der Waals surface area contributed by atoms with Gasteiger partial charge in [0.15, 0.2) is 0 Å². The smallest absolute Gasteiger partial charge is 0.232 e. The van der Waals surface area contributed by atoms with E-state index in [-0.39, 0.29) is 11.5 Å². The summed E-state index contributed by atoms with van der Waals surface area (Å²) < 4.78 is 5.54. The van der Waals surface area contributed by atoms with Gasteiger partial charge in [0.25, 0.3) is 0 Å². The molecule has 15 heavy (non-hydrogen) atoms. The Kier molecular flexibility index (Phi) is 4.60. The minimum Gasteiger partial charge on any atom is -0.372 e. The molecular weight excluding hydrogens is 212 g/mol. The number of nitrogens with zero attached hydrogens (tertiary/aromatic N) is 1. The molecule has 0 aromatic heterocycles. The van der Waals surface area contributed by atoms with Crippen molar-refractivity contribution in [3.8, 4) is 0 Å². The van der Waals surface area contributed by atoms with Gasteiger partial charge in [-0.05, 0) is 13.8 Å². The summed E-state index contributed by atoms with van der Waals surface area (Å²) in [4.78, 5) is 13.6. The third-order valence-corrected chi connectivity index (χ3v) is 3.10.